The number of aryl methyl sites for hydroxylation is 1. The number of hydrogen-bond donors (Lipinski definition) is 1. The number of hydrogen-bond acceptors (Lipinski definition) is 2. The van der Waals surface area contributed by atoms with Crippen LogP contribution in [0.5, 0.6) is 0 Å². The predicted octanol–water partition coefficient (Wildman–Crippen LogP) is 1.58. The molecule has 0 aliphatic heterocycles. The molecule has 0 unspecified atom stereocenters. The summed E-state index contributed by atoms with van der Waals surface area (Å²) in [5.74, 6) is 0.731. The summed E-state index contributed by atoms with van der Waals surface area (Å²) in [7, 11) is 1.72. The van der Waals surface area contributed by atoms with Crippen LogP contribution in [0.4, 0.5) is 0 Å². The van der Waals surface area contributed by atoms with Crippen molar-refractivity contribution in [3.63, 3.8) is 0 Å². The zero-order valence-corrected chi connectivity index (χ0v) is 7.91. The molecule has 0 heterocycles. The molecule has 0 spiro atoms. The van der Waals surface area contributed by atoms with Gasteiger partial charge in [0.25, 0.3) is 0 Å². The molecule has 0 aromatic heterocycles. The summed E-state index contributed by atoms with van der Waals surface area (Å²) in [6.45, 7) is 5.40. The van der Waals surface area contributed by atoms with Crippen molar-refractivity contribution in [1.29, 1.82) is 0 Å². The Hall–Kier alpha value is -1.64. The van der Waals surface area contributed by atoms with Gasteiger partial charge in [-0.05, 0) is 6.92 Å². The normalized spacial score (nSPS) is 11.1. The minimum absolute atomic E-state index is 0.731. The van der Waals surface area contributed by atoms with Crippen LogP contribution < -0.4 is 5.43 Å². The molecule has 0 aliphatic carbocycles. The van der Waals surface area contributed by atoms with Crippen LogP contribution in [-0.2, 0) is 0 Å². The van der Waals surface area contributed by atoms with E-state index in [0.29, 0.717) is 0 Å². The summed E-state index contributed by atoms with van der Waals surface area (Å²) >= 11 is 0. The minimum Gasteiger partial charge on any atom is -0.270 e. The van der Waals surface area contributed by atoms with Crippen molar-refractivity contribution >= 4 is 12.6 Å². The van der Waals surface area contributed by atoms with Crippen molar-refractivity contribution in [3.8, 4) is 0 Å². The maximum Gasteiger partial charge on any atom is 0.148 e. The zero-order valence-electron chi connectivity index (χ0n) is 7.91. The number of aliphatic imine (C=N–C) groups is 1. The first-order valence-electron chi connectivity index (χ1n) is 4.03. The van der Waals surface area contributed by atoms with E-state index in [1.807, 2.05) is 31.2 Å². The fraction of sp³-hybridized carbons (Fsp3) is 0.200. The highest BCUT2D eigenvalue weighted by Gasteiger charge is 1.98. The Morgan fingerprint density at radius 3 is 2.38 bits per heavy atom. The highest BCUT2D eigenvalue weighted by molar-refractivity contribution is 5.98. The smallest absolute Gasteiger partial charge is 0.148 e. The number of rotatable bonds is 2. The van der Waals surface area contributed by atoms with Crippen LogP contribution in [0.1, 0.15) is 11.1 Å². The first-order valence-corrected chi connectivity index (χ1v) is 4.03. The summed E-state index contributed by atoms with van der Waals surface area (Å²) < 4.78 is 0. The molecule has 0 fully saturated rings. The van der Waals surface area contributed by atoms with Crippen molar-refractivity contribution in [3.05, 3.63) is 35.4 Å². The SMILES string of the molecule is C=NNC(=NC)c1ccc(C)cc1. The van der Waals surface area contributed by atoms with Crippen LogP contribution in [-0.4, -0.2) is 19.6 Å². The molecule has 1 N–H and O–H groups in total. The Labute approximate surface area is 78.2 Å². The summed E-state index contributed by atoms with van der Waals surface area (Å²) in [6, 6.07) is 8.06. The molecule has 1 aromatic carbocycles. The second-order valence-electron chi connectivity index (χ2n) is 2.71. The third-order valence-electron chi connectivity index (χ3n) is 1.73. The van der Waals surface area contributed by atoms with Gasteiger partial charge in [-0.25, -0.2) is 0 Å². The topological polar surface area (TPSA) is 36.8 Å². The van der Waals surface area contributed by atoms with Gasteiger partial charge in [-0.2, -0.15) is 5.10 Å². The van der Waals surface area contributed by atoms with Gasteiger partial charge in [0.05, 0.1) is 0 Å². The average molecular weight is 175 g/mol. The van der Waals surface area contributed by atoms with Crippen molar-refractivity contribution in [1.82, 2.24) is 5.43 Å². The molecule has 0 saturated carbocycles. The Kier molecular flexibility index (Phi) is 3.20. The monoisotopic (exact) mass is 175 g/mol. The number of benzene rings is 1. The molecule has 0 aliphatic rings. The van der Waals surface area contributed by atoms with E-state index in [-0.39, 0.29) is 0 Å². The maximum absolute atomic E-state index is 4.05. The van der Waals surface area contributed by atoms with Gasteiger partial charge >= 0.3 is 0 Å². The molecular formula is C10H13N3. The van der Waals surface area contributed by atoms with Crippen LogP contribution in [0.3, 0.4) is 0 Å². The Morgan fingerprint density at radius 1 is 1.31 bits per heavy atom. The van der Waals surface area contributed by atoms with Gasteiger partial charge in [-0.1, -0.05) is 29.8 Å². The molecule has 0 radical (unpaired) electrons. The molecule has 1 rings (SSSR count). The van der Waals surface area contributed by atoms with E-state index in [2.05, 4.69) is 22.2 Å². The Morgan fingerprint density at radius 2 is 1.92 bits per heavy atom. The van der Waals surface area contributed by atoms with Crippen LogP contribution in [0.25, 0.3) is 0 Å². The van der Waals surface area contributed by atoms with E-state index in [1.165, 1.54) is 5.56 Å². The number of nitrogens with one attached hydrogen (secondary N) is 1. The summed E-state index contributed by atoms with van der Waals surface area (Å²) in [4.78, 5) is 4.05. The van der Waals surface area contributed by atoms with Gasteiger partial charge < -0.3 is 0 Å². The van der Waals surface area contributed by atoms with Gasteiger partial charge in [0.2, 0.25) is 0 Å². The van der Waals surface area contributed by atoms with Gasteiger partial charge in [0, 0.05) is 19.3 Å². The molecule has 3 heteroatoms. The second-order valence-corrected chi connectivity index (χ2v) is 2.71. The lowest BCUT2D eigenvalue weighted by Gasteiger charge is -2.04. The third-order valence-corrected chi connectivity index (χ3v) is 1.73. The van der Waals surface area contributed by atoms with E-state index in [0.717, 1.165) is 11.4 Å². The van der Waals surface area contributed by atoms with E-state index in [1.54, 1.807) is 7.05 Å². The Bertz CT molecular complexity index is 311. The first kappa shape index (κ1) is 9.45. The van der Waals surface area contributed by atoms with Gasteiger partial charge in [-0.15, -0.1) is 0 Å². The maximum atomic E-state index is 4.05. The van der Waals surface area contributed by atoms with Crippen LogP contribution in [0, 0.1) is 6.92 Å². The molecule has 1 aromatic rings. The molecule has 0 amide bonds. The second kappa shape index (κ2) is 4.40. The van der Waals surface area contributed by atoms with Gasteiger partial charge in [-0.3, -0.25) is 10.4 Å². The molecule has 3 nitrogen and oxygen atoms in total. The molecule has 68 valence electrons. The molecular weight excluding hydrogens is 162 g/mol. The van der Waals surface area contributed by atoms with E-state index < -0.39 is 0 Å². The highest BCUT2D eigenvalue weighted by Crippen LogP contribution is 2.03. The van der Waals surface area contributed by atoms with Crippen molar-refractivity contribution < 1.29 is 0 Å². The highest BCUT2D eigenvalue weighted by atomic mass is 15.3. The predicted molar refractivity (Wildman–Crippen MR) is 56.3 cm³/mol. The minimum atomic E-state index is 0.731. The lowest BCUT2D eigenvalue weighted by atomic mass is 10.1. The average Bonchev–Trinajstić information content (AvgIpc) is 2.16. The zero-order chi connectivity index (χ0) is 9.68. The molecule has 13 heavy (non-hydrogen) atoms. The van der Waals surface area contributed by atoms with Crippen LogP contribution >= 0.6 is 0 Å². The van der Waals surface area contributed by atoms with Crippen molar-refractivity contribution in [2.24, 2.45) is 10.1 Å². The lowest BCUT2D eigenvalue weighted by Crippen LogP contribution is -2.18. The van der Waals surface area contributed by atoms with E-state index in [4.69, 9.17) is 0 Å². The standard InChI is InChI=1S/C10H13N3/c1-8-4-6-9(7-5-8)10(11-2)13-12-3/h4-7H,3H2,1-2H3,(H,11,13). The summed E-state index contributed by atoms with van der Waals surface area (Å²) in [5.41, 5.74) is 4.97. The van der Waals surface area contributed by atoms with E-state index in [9.17, 15) is 0 Å². The lowest BCUT2D eigenvalue weighted by molar-refractivity contribution is 1.03. The molecule has 0 saturated heterocycles. The number of amidine groups is 1. The third kappa shape index (κ3) is 2.40. The number of hydrazone groups is 1. The number of nitrogens with zero attached hydrogens (tertiary/aromatic N) is 2. The van der Waals surface area contributed by atoms with Crippen LogP contribution in [0.2, 0.25) is 0 Å². The summed E-state index contributed by atoms with van der Waals surface area (Å²) in [5, 5.41) is 3.57. The Balaban J connectivity index is 2.92. The van der Waals surface area contributed by atoms with Crippen molar-refractivity contribution in [2.45, 2.75) is 6.92 Å². The van der Waals surface area contributed by atoms with Crippen molar-refractivity contribution in [2.75, 3.05) is 7.05 Å². The van der Waals surface area contributed by atoms with Gasteiger partial charge in [0.1, 0.15) is 5.84 Å². The fourth-order valence-electron chi connectivity index (χ4n) is 1.03. The largest absolute Gasteiger partial charge is 0.270 e. The molecule has 0 bridgehead atoms. The molecule has 0 atom stereocenters. The first-order chi connectivity index (χ1) is 6.27. The fourth-order valence-corrected chi connectivity index (χ4v) is 1.03. The van der Waals surface area contributed by atoms with Gasteiger partial charge in [0.15, 0.2) is 0 Å². The van der Waals surface area contributed by atoms with E-state index >= 15 is 0 Å². The summed E-state index contributed by atoms with van der Waals surface area (Å²) in [6.07, 6.45) is 0. The quantitative estimate of drug-likeness (QED) is 0.413. The van der Waals surface area contributed by atoms with Crippen LogP contribution in [0.15, 0.2) is 34.4 Å².